The molecule has 0 heterocycles. The van der Waals surface area contributed by atoms with E-state index in [9.17, 15) is 14.0 Å². The number of nitrogens with one attached hydrogen (secondary N) is 2. The fourth-order valence-corrected chi connectivity index (χ4v) is 2.98. The molecule has 1 unspecified atom stereocenters. The van der Waals surface area contributed by atoms with E-state index in [-0.39, 0.29) is 30.0 Å². The molecule has 2 rings (SSSR count). The molecular formula is C18H25FN2O2. The average Bonchev–Trinajstić information content (AvgIpc) is 2.50. The van der Waals surface area contributed by atoms with Crippen LogP contribution in [0.4, 0.5) is 10.1 Å². The van der Waals surface area contributed by atoms with Crippen molar-refractivity contribution in [1.29, 1.82) is 0 Å². The fourth-order valence-electron chi connectivity index (χ4n) is 2.98. The summed E-state index contributed by atoms with van der Waals surface area (Å²) in [6, 6.07) is 5.95. The van der Waals surface area contributed by atoms with Gasteiger partial charge in [0.25, 0.3) is 0 Å². The van der Waals surface area contributed by atoms with Gasteiger partial charge in [-0.2, -0.15) is 0 Å². The first-order chi connectivity index (χ1) is 11.0. The average molecular weight is 320 g/mol. The van der Waals surface area contributed by atoms with Gasteiger partial charge in [0.2, 0.25) is 11.8 Å². The summed E-state index contributed by atoms with van der Waals surface area (Å²) in [6.45, 7) is 1.89. The monoisotopic (exact) mass is 320 g/mol. The van der Waals surface area contributed by atoms with Crippen molar-refractivity contribution in [2.45, 2.75) is 57.9 Å². The van der Waals surface area contributed by atoms with E-state index in [1.54, 1.807) is 0 Å². The Morgan fingerprint density at radius 2 is 1.70 bits per heavy atom. The van der Waals surface area contributed by atoms with Crippen LogP contribution in [0.5, 0.6) is 0 Å². The van der Waals surface area contributed by atoms with Crippen LogP contribution in [0.15, 0.2) is 24.3 Å². The highest BCUT2D eigenvalue weighted by atomic mass is 19.1. The van der Waals surface area contributed by atoms with Gasteiger partial charge in [0.1, 0.15) is 5.82 Å². The Hall–Kier alpha value is -1.91. The second-order valence-corrected chi connectivity index (χ2v) is 6.47. The molecular weight excluding hydrogens is 295 g/mol. The Bertz CT molecular complexity index is 524. The molecule has 2 N–H and O–H groups in total. The number of carbonyl (C=O) groups is 2. The first-order valence-corrected chi connectivity index (χ1v) is 8.37. The van der Waals surface area contributed by atoms with Crippen molar-refractivity contribution in [3.05, 3.63) is 30.1 Å². The van der Waals surface area contributed by atoms with Crippen molar-refractivity contribution in [2.75, 3.05) is 5.32 Å². The molecule has 1 aliphatic carbocycles. The molecule has 0 aromatic heterocycles. The minimum absolute atomic E-state index is 0.0268. The van der Waals surface area contributed by atoms with Gasteiger partial charge in [-0.05, 0) is 43.0 Å². The SMILES string of the molecule is CC(CC(=O)Nc1ccc(F)cc1)CC(=O)NC1CCCCC1. The van der Waals surface area contributed by atoms with Gasteiger partial charge >= 0.3 is 0 Å². The maximum atomic E-state index is 12.8. The molecule has 1 atom stereocenters. The van der Waals surface area contributed by atoms with Gasteiger partial charge in [-0.1, -0.05) is 26.2 Å². The molecule has 0 spiro atoms. The van der Waals surface area contributed by atoms with Crippen LogP contribution in [-0.2, 0) is 9.59 Å². The van der Waals surface area contributed by atoms with Crippen LogP contribution in [0, 0.1) is 11.7 Å². The second kappa shape index (κ2) is 8.65. The number of amides is 2. The third-order valence-corrected chi connectivity index (χ3v) is 4.17. The van der Waals surface area contributed by atoms with Gasteiger partial charge in [-0.3, -0.25) is 9.59 Å². The van der Waals surface area contributed by atoms with E-state index in [2.05, 4.69) is 10.6 Å². The van der Waals surface area contributed by atoms with Crippen LogP contribution < -0.4 is 10.6 Å². The minimum Gasteiger partial charge on any atom is -0.353 e. The summed E-state index contributed by atoms with van der Waals surface area (Å²) in [5.41, 5.74) is 0.565. The predicted molar refractivity (Wildman–Crippen MR) is 88.4 cm³/mol. The van der Waals surface area contributed by atoms with Gasteiger partial charge in [0.05, 0.1) is 0 Å². The van der Waals surface area contributed by atoms with Crippen LogP contribution in [0.3, 0.4) is 0 Å². The van der Waals surface area contributed by atoms with E-state index in [1.807, 2.05) is 6.92 Å². The topological polar surface area (TPSA) is 58.2 Å². The molecule has 0 radical (unpaired) electrons. The number of hydrogen-bond acceptors (Lipinski definition) is 2. The number of halogens is 1. The van der Waals surface area contributed by atoms with Gasteiger partial charge in [-0.25, -0.2) is 4.39 Å². The van der Waals surface area contributed by atoms with Crippen LogP contribution in [-0.4, -0.2) is 17.9 Å². The van der Waals surface area contributed by atoms with Crippen molar-refractivity contribution in [3.8, 4) is 0 Å². The quantitative estimate of drug-likeness (QED) is 0.841. The van der Waals surface area contributed by atoms with E-state index < -0.39 is 0 Å². The summed E-state index contributed by atoms with van der Waals surface area (Å²) in [4.78, 5) is 24.0. The fraction of sp³-hybridized carbons (Fsp3) is 0.556. The smallest absolute Gasteiger partial charge is 0.224 e. The summed E-state index contributed by atoms with van der Waals surface area (Å²) in [6.07, 6.45) is 6.37. The molecule has 1 fully saturated rings. The van der Waals surface area contributed by atoms with Gasteiger partial charge in [0.15, 0.2) is 0 Å². The molecule has 1 aromatic carbocycles. The molecule has 0 bridgehead atoms. The molecule has 0 saturated heterocycles. The van der Waals surface area contributed by atoms with Crippen molar-refractivity contribution in [2.24, 2.45) is 5.92 Å². The van der Waals surface area contributed by atoms with Crippen molar-refractivity contribution in [1.82, 2.24) is 5.32 Å². The van der Waals surface area contributed by atoms with E-state index in [0.717, 1.165) is 12.8 Å². The van der Waals surface area contributed by atoms with E-state index in [0.29, 0.717) is 18.2 Å². The number of carbonyl (C=O) groups excluding carboxylic acids is 2. The number of anilines is 1. The Kier molecular flexibility index (Phi) is 6.56. The Morgan fingerprint density at radius 3 is 2.35 bits per heavy atom. The Morgan fingerprint density at radius 1 is 1.09 bits per heavy atom. The third-order valence-electron chi connectivity index (χ3n) is 4.17. The number of hydrogen-bond donors (Lipinski definition) is 2. The molecule has 1 saturated carbocycles. The maximum absolute atomic E-state index is 12.8. The lowest BCUT2D eigenvalue weighted by Crippen LogP contribution is -2.37. The summed E-state index contributed by atoms with van der Waals surface area (Å²) in [7, 11) is 0. The maximum Gasteiger partial charge on any atom is 0.224 e. The second-order valence-electron chi connectivity index (χ2n) is 6.47. The zero-order chi connectivity index (χ0) is 16.7. The molecule has 0 aliphatic heterocycles. The van der Waals surface area contributed by atoms with Crippen molar-refractivity contribution >= 4 is 17.5 Å². The third kappa shape index (κ3) is 6.38. The lowest BCUT2D eigenvalue weighted by molar-refractivity contribution is -0.123. The molecule has 1 aromatic rings. The highest BCUT2D eigenvalue weighted by Gasteiger charge is 2.18. The summed E-state index contributed by atoms with van der Waals surface area (Å²) in [5.74, 6) is -0.497. The minimum atomic E-state index is -0.337. The normalized spacial score (nSPS) is 16.6. The molecule has 126 valence electrons. The highest BCUT2D eigenvalue weighted by Crippen LogP contribution is 2.18. The first kappa shape index (κ1) is 17.4. The van der Waals surface area contributed by atoms with Crippen LogP contribution >= 0.6 is 0 Å². The number of benzene rings is 1. The Balaban J connectivity index is 1.70. The highest BCUT2D eigenvalue weighted by molar-refractivity contribution is 5.91. The van der Waals surface area contributed by atoms with Crippen LogP contribution in [0.25, 0.3) is 0 Å². The molecule has 5 heteroatoms. The molecule has 1 aliphatic rings. The van der Waals surface area contributed by atoms with Crippen LogP contribution in [0.1, 0.15) is 51.9 Å². The van der Waals surface area contributed by atoms with Gasteiger partial charge in [-0.15, -0.1) is 0 Å². The standard InChI is InChI=1S/C18H25FN2O2/c1-13(11-17(22)20-15-5-3-2-4-6-15)12-18(23)21-16-9-7-14(19)8-10-16/h7-10,13,15H,2-6,11-12H2,1H3,(H,20,22)(H,21,23). The predicted octanol–water partition coefficient (Wildman–Crippen LogP) is 3.63. The summed E-state index contributed by atoms with van der Waals surface area (Å²) < 4.78 is 12.8. The van der Waals surface area contributed by atoms with E-state index in [1.165, 1.54) is 43.5 Å². The van der Waals surface area contributed by atoms with E-state index in [4.69, 9.17) is 0 Å². The molecule has 23 heavy (non-hydrogen) atoms. The summed E-state index contributed by atoms with van der Waals surface area (Å²) in [5, 5.41) is 5.78. The zero-order valence-electron chi connectivity index (χ0n) is 13.6. The lowest BCUT2D eigenvalue weighted by Gasteiger charge is -2.23. The zero-order valence-corrected chi connectivity index (χ0v) is 13.6. The van der Waals surface area contributed by atoms with Crippen molar-refractivity contribution < 1.29 is 14.0 Å². The van der Waals surface area contributed by atoms with Gasteiger partial charge in [0, 0.05) is 24.6 Å². The molecule has 2 amide bonds. The summed E-state index contributed by atoms with van der Waals surface area (Å²) >= 11 is 0. The largest absolute Gasteiger partial charge is 0.353 e. The van der Waals surface area contributed by atoms with Crippen LogP contribution in [0.2, 0.25) is 0 Å². The first-order valence-electron chi connectivity index (χ1n) is 8.37. The van der Waals surface area contributed by atoms with Crippen molar-refractivity contribution in [3.63, 3.8) is 0 Å². The molecule has 4 nitrogen and oxygen atoms in total. The lowest BCUT2D eigenvalue weighted by atomic mass is 9.95. The van der Waals surface area contributed by atoms with Gasteiger partial charge < -0.3 is 10.6 Å². The van der Waals surface area contributed by atoms with E-state index >= 15 is 0 Å². The Labute approximate surface area is 136 Å². The number of rotatable bonds is 6.